The van der Waals surface area contributed by atoms with E-state index < -0.39 is 0 Å². The van der Waals surface area contributed by atoms with Gasteiger partial charge in [-0.3, -0.25) is 0 Å². The molecular formula is C16H23BrN2O. The predicted molar refractivity (Wildman–Crippen MR) is 85.2 cm³/mol. The number of ether oxygens (including phenoxy) is 1. The van der Waals surface area contributed by atoms with Gasteiger partial charge in [-0.15, -0.1) is 0 Å². The average molecular weight is 339 g/mol. The number of benzene rings is 1. The minimum absolute atomic E-state index is 0.423. The molecule has 1 aromatic carbocycles. The Morgan fingerprint density at radius 3 is 3.00 bits per heavy atom. The Morgan fingerprint density at radius 1 is 1.35 bits per heavy atom. The minimum atomic E-state index is 0.423. The van der Waals surface area contributed by atoms with Crippen molar-refractivity contribution in [3.63, 3.8) is 0 Å². The molecule has 1 fully saturated rings. The van der Waals surface area contributed by atoms with Gasteiger partial charge in [-0.2, -0.15) is 0 Å². The largest absolute Gasteiger partial charge is 0.493 e. The fraction of sp³-hybridized carbons (Fsp3) is 0.625. The van der Waals surface area contributed by atoms with E-state index >= 15 is 0 Å². The number of likely N-dealkylation sites (tertiary alicyclic amines) is 1. The number of hydrogen-bond acceptors (Lipinski definition) is 3. The van der Waals surface area contributed by atoms with Crippen molar-refractivity contribution in [1.82, 2.24) is 10.2 Å². The number of hydrogen-bond donors (Lipinski definition) is 1. The second kappa shape index (κ2) is 6.04. The third-order valence-corrected chi connectivity index (χ3v) is 5.03. The van der Waals surface area contributed by atoms with Crippen molar-refractivity contribution in [1.29, 1.82) is 0 Å². The van der Waals surface area contributed by atoms with E-state index in [1.807, 2.05) is 0 Å². The Labute approximate surface area is 129 Å². The Kier molecular flexibility index (Phi) is 4.34. The molecule has 1 aromatic rings. The first-order chi connectivity index (χ1) is 9.63. The zero-order chi connectivity index (χ0) is 14.1. The highest BCUT2D eigenvalue weighted by atomic mass is 79.9. The number of nitrogens with one attached hydrogen (secondary N) is 1. The van der Waals surface area contributed by atoms with Gasteiger partial charge in [0, 0.05) is 35.1 Å². The summed E-state index contributed by atoms with van der Waals surface area (Å²) in [5.41, 5.74) is 1.30. The fourth-order valence-corrected chi connectivity index (χ4v) is 3.78. The molecule has 3 atom stereocenters. The van der Waals surface area contributed by atoms with E-state index in [0.717, 1.165) is 23.2 Å². The van der Waals surface area contributed by atoms with Crippen LogP contribution in [-0.4, -0.2) is 37.7 Å². The fourth-order valence-electron chi connectivity index (χ4n) is 3.40. The van der Waals surface area contributed by atoms with Gasteiger partial charge in [-0.05, 0) is 44.1 Å². The number of fused-ring (bicyclic) bond motifs is 1. The topological polar surface area (TPSA) is 24.5 Å². The van der Waals surface area contributed by atoms with Gasteiger partial charge in [0.05, 0.1) is 6.61 Å². The van der Waals surface area contributed by atoms with E-state index in [1.165, 1.54) is 25.1 Å². The van der Waals surface area contributed by atoms with E-state index in [2.05, 4.69) is 58.3 Å². The Hall–Kier alpha value is -0.580. The van der Waals surface area contributed by atoms with Crippen molar-refractivity contribution >= 4 is 15.9 Å². The molecule has 1 saturated heterocycles. The van der Waals surface area contributed by atoms with E-state index in [9.17, 15) is 0 Å². The molecule has 3 nitrogen and oxygen atoms in total. The van der Waals surface area contributed by atoms with Crippen LogP contribution in [0.1, 0.15) is 31.4 Å². The number of nitrogens with zero attached hydrogens (tertiary/aromatic N) is 1. The van der Waals surface area contributed by atoms with Gasteiger partial charge in [0.25, 0.3) is 0 Å². The van der Waals surface area contributed by atoms with Crippen LogP contribution in [0.4, 0.5) is 0 Å². The molecule has 4 heteroatoms. The van der Waals surface area contributed by atoms with Crippen LogP contribution in [0.2, 0.25) is 0 Å². The highest BCUT2D eigenvalue weighted by Gasteiger charge is 2.29. The summed E-state index contributed by atoms with van der Waals surface area (Å²) in [6, 6.07) is 7.37. The van der Waals surface area contributed by atoms with Crippen molar-refractivity contribution in [2.75, 3.05) is 26.7 Å². The van der Waals surface area contributed by atoms with Crippen LogP contribution in [0.25, 0.3) is 0 Å². The van der Waals surface area contributed by atoms with Gasteiger partial charge in [0.2, 0.25) is 0 Å². The maximum Gasteiger partial charge on any atom is 0.124 e. The van der Waals surface area contributed by atoms with Crippen LogP contribution in [0.3, 0.4) is 0 Å². The summed E-state index contributed by atoms with van der Waals surface area (Å²) in [5.74, 6) is 1.74. The molecule has 2 heterocycles. The molecule has 0 aromatic heterocycles. The van der Waals surface area contributed by atoms with Crippen LogP contribution in [0.15, 0.2) is 22.7 Å². The first kappa shape index (κ1) is 14.4. The SMILES string of the molecule is CC1CN(C)CCC1NC1CCOc2ccc(Br)cc21. The zero-order valence-corrected chi connectivity index (χ0v) is 13.8. The highest BCUT2D eigenvalue weighted by molar-refractivity contribution is 9.10. The number of halogens is 1. The van der Waals surface area contributed by atoms with E-state index in [-0.39, 0.29) is 0 Å². The van der Waals surface area contributed by atoms with Crippen LogP contribution in [0.5, 0.6) is 5.75 Å². The minimum Gasteiger partial charge on any atom is -0.493 e. The van der Waals surface area contributed by atoms with Gasteiger partial charge in [0.15, 0.2) is 0 Å². The maximum absolute atomic E-state index is 5.77. The lowest BCUT2D eigenvalue weighted by atomic mass is 9.91. The lowest BCUT2D eigenvalue weighted by molar-refractivity contribution is 0.154. The van der Waals surface area contributed by atoms with Crippen molar-refractivity contribution in [3.05, 3.63) is 28.2 Å². The smallest absolute Gasteiger partial charge is 0.124 e. The van der Waals surface area contributed by atoms with Gasteiger partial charge < -0.3 is 15.0 Å². The normalized spacial score (nSPS) is 30.6. The van der Waals surface area contributed by atoms with Gasteiger partial charge >= 0.3 is 0 Å². The molecular weight excluding hydrogens is 316 g/mol. The third-order valence-electron chi connectivity index (χ3n) is 4.53. The molecule has 3 rings (SSSR count). The van der Waals surface area contributed by atoms with Crippen molar-refractivity contribution in [2.45, 2.75) is 31.8 Å². The first-order valence-electron chi connectivity index (χ1n) is 7.50. The standard InChI is InChI=1S/C16H23BrN2O/c1-11-10-19(2)7-5-14(11)18-15-6-8-20-16-4-3-12(17)9-13(15)16/h3-4,9,11,14-15,18H,5-8,10H2,1-2H3. The maximum atomic E-state index is 5.77. The molecule has 110 valence electrons. The molecule has 0 saturated carbocycles. The molecule has 0 radical (unpaired) electrons. The van der Waals surface area contributed by atoms with Crippen LogP contribution in [-0.2, 0) is 0 Å². The van der Waals surface area contributed by atoms with Gasteiger partial charge in [-0.1, -0.05) is 22.9 Å². The molecule has 0 spiro atoms. The highest BCUT2D eigenvalue weighted by Crippen LogP contribution is 2.35. The summed E-state index contributed by atoms with van der Waals surface area (Å²) in [6.07, 6.45) is 2.29. The molecule has 2 aliphatic rings. The summed E-state index contributed by atoms with van der Waals surface area (Å²) < 4.78 is 6.90. The second-order valence-electron chi connectivity index (χ2n) is 6.17. The molecule has 2 aliphatic heterocycles. The lowest BCUT2D eigenvalue weighted by Gasteiger charge is -2.38. The number of piperidine rings is 1. The summed E-state index contributed by atoms with van der Waals surface area (Å²) in [6.45, 7) is 5.55. The van der Waals surface area contributed by atoms with Crippen molar-refractivity contribution in [3.8, 4) is 5.75 Å². The summed E-state index contributed by atoms with van der Waals surface area (Å²) in [4.78, 5) is 2.43. The summed E-state index contributed by atoms with van der Waals surface area (Å²) >= 11 is 3.57. The third kappa shape index (κ3) is 3.02. The lowest BCUT2D eigenvalue weighted by Crippen LogP contribution is -2.48. The Balaban J connectivity index is 1.74. The number of rotatable bonds is 2. The van der Waals surface area contributed by atoms with E-state index in [0.29, 0.717) is 18.0 Å². The summed E-state index contributed by atoms with van der Waals surface area (Å²) in [7, 11) is 2.22. The second-order valence-corrected chi connectivity index (χ2v) is 7.09. The van der Waals surface area contributed by atoms with Crippen molar-refractivity contribution in [2.24, 2.45) is 5.92 Å². The van der Waals surface area contributed by atoms with Crippen molar-refractivity contribution < 1.29 is 4.74 Å². The molecule has 0 amide bonds. The molecule has 1 N–H and O–H groups in total. The molecule has 0 aliphatic carbocycles. The first-order valence-corrected chi connectivity index (χ1v) is 8.29. The zero-order valence-electron chi connectivity index (χ0n) is 12.2. The van der Waals surface area contributed by atoms with Gasteiger partial charge in [-0.25, -0.2) is 0 Å². The molecule has 20 heavy (non-hydrogen) atoms. The van der Waals surface area contributed by atoms with E-state index in [1.54, 1.807) is 0 Å². The van der Waals surface area contributed by atoms with Gasteiger partial charge in [0.1, 0.15) is 5.75 Å². The molecule has 3 unspecified atom stereocenters. The van der Waals surface area contributed by atoms with Crippen LogP contribution in [0, 0.1) is 5.92 Å². The average Bonchev–Trinajstić information content (AvgIpc) is 2.42. The molecule has 0 bridgehead atoms. The summed E-state index contributed by atoms with van der Waals surface area (Å²) in [5, 5.41) is 3.88. The van der Waals surface area contributed by atoms with Crippen LogP contribution < -0.4 is 10.1 Å². The Morgan fingerprint density at radius 2 is 2.20 bits per heavy atom. The predicted octanol–water partition coefficient (Wildman–Crippen LogP) is 3.20. The monoisotopic (exact) mass is 338 g/mol. The van der Waals surface area contributed by atoms with Crippen LogP contribution >= 0.6 is 15.9 Å². The quantitative estimate of drug-likeness (QED) is 0.896. The van der Waals surface area contributed by atoms with E-state index in [4.69, 9.17) is 4.74 Å². The Bertz CT molecular complexity index is 480.